The Balaban J connectivity index is 1.72. The molecular weight excluding hydrogens is 374 g/mol. The van der Waals surface area contributed by atoms with Crippen LogP contribution in [0.25, 0.3) is 0 Å². The average Bonchev–Trinajstić information content (AvgIpc) is 3.34. The van der Waals surface area contributed by atoms with Crippen LogP contribution >= 0.6 is 0 Å². The molecule has 8 nitrogen and oxygen atoms in total. The summed E-state index contributed by atoms with van der Waals surface area (Å²) in [6.45, 7) is 1.68. The van der Waals surface area contributed by atoms with E-state index >= 15 is 0 Å². The molecule has 2 atom stereocenters. The first-order valence-electron chi connectivity index (χ1n) is 9.76. The number of anilines is 1. The van der Waals surface area contributed by atoms with Gasteiger partial charge in [-0.15, -0.1) is 0 Å². The lowest BCUT2D eigenvalue weighted by atomic mass is 10.1. The Hall–Kier alpha value is -3.00. The van der Waals surface area contributed by atoms with Crippen LogP contribution in [0.2, 0.25) is 0 Å². The van der Waals surface area contributed by atoms with Crippen molar-refractivity contribution >= 4 is 17.5 Å². The Kier molecular flexibility index (Phi) is 5.44. The van der Waals surface area contributed by atoms with Crippen molar-refractivity contribution in [2.24, 2.45) is 0 Å². The van der Waals surface area contributed by atoms with Crippen molar-refractivity contribution in [2.45, 2.75) is 31.3 Å². The van der Waals surface area contributed by atoms with E-state index in [1.165, 1.54) is 20.5 Å². The maximum Gasteiger partial charge on any atom is 0.291 e. The quantitative estimate of drug-likeness (QED) is 0.803. The van der Waals surface area contributed by atoms with Crippen molar-refractivity contribution < 1.29 is 23.5 Å². The van der Waals surface area contributed by atoms with Crippen molar-refractivity contribution in [3.8, 4) is 11.5 Å². The lowest BCUT2D eigenvalue weighted by molar-refractivity contribution is 0.0681. The number of ether oxygens (including phenoxy) is 2. The van der Waals surface area contributed by atoms with Crippen LogP contribution in [-0.4, -0.2) is 56.1 Å². The van der Waals surface area contributed by atoms with E-state index in [1.807, 2.05) is 4.90 Å². The number of benzene rings is 1. The Labute approximate surface area is 169 Å². The van der Waals surface area contributed by atoms with Gasteiger partial charge in [0.05, 0.1) is 31.7 Å². The fraction of sp³-hybridized carbons (Fsp3) is 0.429. The molecule has 8 heteroatoms. The third-order valence-corrected chi connectivity index (χ3v) is 5.64. The highest BCUT2D eigenvalue weighted by Gasteiger charge is 2.39. The molecule has 1 aromatic heterocycles. The van der Waals surface area contributed by atoms with Gasteiger partial charge in [-0.2, -0.15) is 0 Å². The number of hydrogen-bond donors (Lipinski definition) is 2. The number of hydrogen-bond acceptors (Lipinski definition) is 6. The molecule has 0 spiro atoms. The molecule has 2 unspecified atom stereocenters. The predicted molar refractivity (Wildman–Crippen MR) is 107 cm³/mol. The molecule has 2 aromatic rings. The molecular formula is C21H25N3O5. The van der Waals surface area contributed by atoms with Crippen molar-refractivity contribution in [2.75, 3.05) is 32.6 Å². The zero-order chi connectivity index (χ0) is 20.4. The van der Waals surface area contributed by atoms with E-state index in [4.69, 9.17) is 13.9 Å². The van der Waals surface area contributed by atoms with E-state index in [9.17, 15) is 9.59 Å². The Morgan fingerprint density at radius 2 is 1.90 bits per heavy atom. The number of methoxy groups -OCH3 is 2. The molecule has 2 fully saturated rings. The first-order valence-corrected chi connectivity index (χ1v) is 9.76. The van der Waals surface area contributed by atoms with Crippen LogP contribution in [0.3, 0.4) is 0 Å². The SMILES string of the molecule is COc1cc(NC(=O)c2ccco2)c(C(=O)N2C3CCNCC2CC3)cc1OC. The number of carbonyl (C=O) groups is 2. The van der Waals surface area contributed by atoms with Crippen LogP contribution in [0, 0.1) is 0 Å². The van der Waals surface area contributed by atoms with Gasteiger partial charge in [0.25, 0.3) is 11.8 Å². The van der Waals surface area contributed by atoms with Crippen molar-refractivity contribution in [3.63, 3.8) is 0 Å². The molecule has 4 rings (SSSR count). The maximum atomic E-state index is 13.6. The second kappa shape index (κ2) is 8.16. The van der Waals surface area contributed by atoms with Crippen LogP contribution in [0.5, 0.6) is 11.5 Å². The van der Waals surface area contributed by atoms with E-state index in [0.29, 0.717) is 22.7 Å². The van der Waals surface area contributed by atoms with Crippen molar-refractivity contribution in [1.29, 1.82) is 0 Å². The summed E-state index contributed by atoms with van der Waals surface area (Å²) in [4.78, 5) is 28.1. The summed E-state index contributed by atoms with van der Waals surface area (Å²) in [6, 6.07) is 6.80. The van der Waals surface area contributed by atoms with Gasteiger partial charge in [-0.3, -0.25) is 9.59 Å². The zero-order valence-electron chi connectivity index (χ0n) is 16.6. The summed E-state index contributed by atoms with van der Waals surface area (Å²) >= 11 is 0. The fourth-order valence-corrected chi connectivity index (χ4v) is 4.20. The lowest BCUT2D eigenvalue weighted by Crippen LogP contribution is -2.42. The standard InChI is InChI=1S/C21H25N3O5/c1-27-18-10-15(21(26)24-13-5-6-14(24)12-22-8-7-13)16(11-19(18)28-2)23-20(25)17-4-3-9-29-17/h3-4,9-11,13-14,22H,5-8,12H2,1-2H3,(H,23,25). The smallest absolute Gasteiger partial charge is 0.291 e. The Bertz CT molecular complexity index is 882. The number of fused-ring (bicyclic) bond motifs is 2. The van der Waals surface area contributed by atoms with Gasteiger partial charge in [-0.05, 0) is 44.0 Å². The minimum absolute atomic E-state index is 0.114. The Morgan fingerprint density at radius 1 is 1.14 bits per heavy atom. The summed E-state index contributed by atoms with van der Waals surface area (Å²) in [5, 5.41) is 6.19. The van der Waals surface area contributed by atoms with Gasteiger partial charge in [0, 0.05) is 24.7 Å². The average molecular weight is 399 g/mol. The molecule has 2 aliphatic rings. The highest BCUT2D eigenvalue weighted by molar-refractivity contribution is 6.08. The lowest BCUT2D eigenvalue weighted by Gasteiger charge is -2.29. The minimum Gasteiger partial charge on any atom is -0.493 e. The number of carbonyl (C=O) groups excluding carboxylic acids is 2. The largest absolute Gasteiger partial charge is 0.493 e. The third kappa shape index (κ3) is 3.67. The van der Waals surface area contributed by atoms with Gasteiger partial charge in [-0.25, -0.2) is 0 Å². The molecule has 2 N–H and O–H groups in total. The summed E-state index contributed by atoms with van der Waals surface area (Å²) in [6.07, 6.45) is 4.32. The molecule has 2 amide bonds. The molecule has 0 radical (unpaired) electrons. The maximum absolute atomic E-state index is 13.6. The van der Waals surface area contributed by atoms with E-state index in [-0.39, 0.29) is 23.8 Å². The van der Waals surface area contributed by atoms with Gasteiger partial charge >= 0.3 is 0 Å². The molecule has 154 valence electrons. The van der Waals surface area contributed by atoms with Crippen LogP contribution in [-0.2, 0) is 0 Å². The number of amides is 2. The van der Waals surface area contributed by atoms with Gasteiger partial charge in [0.1, 0.15) is 0 Å². The first-order chi connectivity index (χ1) is 14.1. The first kappa shape index (κ1) is 19.3. The number of nitrogens with zero attached hydrogens (tertiary/aromatic N) is 1. The highest BCUT2D eigenvalue weighted by atomic mass is 16.5. The van der Waals surface area contributed by atoms with Crippen LogP contribution in [0.15, 0.2) is 34.9 Å². The van der Waals surface area contributed by atoms with E-state index < -0.39 is 5.91 Å². The van der Waals surface area contributed by atoms with E-state index in [1.54, 1.807) is 24.3 Å². The summed E-state index contributed by atoms with van der Waals surface area (Å²) in [5.74, 6) is 0.484. The molecule has 2 bridgehead atoms. The minimum atomic E-state index is -0.434. The van der Waals surface area contributed by atoms with Gasteiger partial charge in [0.15, 0.2) is 17.3 Å². The Morgan fingerprint density at radius 3 is 2.62 bits per heavy atom. The summed E-state index contributed by atoms with van der Waals surface area (Å²) in [5.41, 5.74) is 0.743. The zero-order valence-corrected chi connectivity index (χ0v) is 16.6. The van der Waals surface area contributed by atoms with Crippen molar-refractivity contribution in [3.05, 3.63) is 41.9 Å². The van der Waals surface area contributed by atoms with Crippen LogP contribution in [0.1, 0.15) is 40.2 Å². The number of furan rings is 1. The van der Waals surface area contributed by atoms with E-state index in [0.717, 1.165) is 32.4 Å². The number of nitrogens with one attached hydrogen (secondary N) is 2. The van der Waals surface area contributed by atoms with E-state index in [2.05, 4.69) is 10.6 Å². The molecule has 2 saturated heterocycles. The second-order valence-electron chi connectivity index (χ2n) is 7.27. The normalized spacial score (nSPS) is 20.8. The van der Waals surface area contributed by atoms with Gasteiger partial charge < -0.3 is 29.4 Å². The second-order valence-corrected chi connectivity index (χ2v) is 7.27. The molecule has 0 saturated carbocycles. The molecule has 1 aromatic carbocycles. The van der Waals surface area contributed by atoms with Crippen LogP contribution < -0.4 is 20.1 Å². The highest BCUT2D eigenvalue weighted by Crippen LogP contribution is 2.37. The summed E-state index contributed by atoms with van der Waals surface area (Å²) < 4.78 is 15.9. The number of rotatable bonds is 5. The molecule has 0 aliphatic carbocycles. The monoisotopic (exact) mass is 399 g/mol. The molecule has 2 aliphatic heterocycles. The van der Waals surface area contributed by atoms with Gasteiger partial charge in [-0.1, -0.05) is 0 Å². The van der Waals surface area contributed by atoms with Gasteiger partial charge in [0.2, 0.25) is 0 Å². The van der Waals surface area contributed by atoms with Crippen LogP contribution in [0.4, 0.5) is 5.69 Å². The fourth-order valence-electron chi connectivity index (χ4n) is 4.20. The molecule has 3 heterocycles. The predicted octanol–water partition coefficient (Wildman–Crippen LogP) is 2.52. The third-order valence-electron chi connectivity index (χ3n) is 5.64. The summed E-state index contributed by atoms with van der Waals surface area (Å²) in [7, 11) is 3.03. The topological polar surface area (TPSA) is 93.0 Å². The molecule has 29 heavy (non-hydrogen) atoms. The van der Waals surface area contributed by atoms with Crippen molar-refractivity contribution in [1.82, 2.24) is 10.2 Å².